The Hall–Kier alpha value is -2.52. The first kappa shape index (κ1) is 30.4. The molecule has 0 bridgehead atoms. The van der Waals surface area contributed by atoms with Gasteiger partial charge >= 0.3 is 18.0 Å². The molecule has 6 atom stereocenters. The number of hydroxylamine groups is 2. The van der Waals surface area contributed by atoms with Gasteiger partial charge < -0.3 is 31.2 Å². The number of aliphatic hydroxyl groups excluding tert-OH is 1. The van der Waals surface area contributed by atoms with Gasteiger partial charge in [0.15, 0.2) is 5.78 Å². The van der Waals surface area contributed by atoms with Crippen LogP contribution in [0.5, 0.6) is 0 Å². The Labute approximate surface area is 241 Å². The summed E-state index contributed by atoms with van der Waals surface area (Å²) in [6.07, 6.45) is 6.03. The standard InChI is InChI=1S/C14H19N3O5S.C11H18N2O3S/c18-10-5-6-11(19)17(10)22-12(20)4-2-1-3-9-13-8(7-23-9)15-14(21)16-13;14-5-7(15)3-1-2-4-9-10-8(6-17-9)12-11(16)13-10/h8-9,13H,1-7H2,(H2,15,16,21);8-10,14H,1-6H2,(H2,12,13,16)/t8-,9?,13-;8-,9?,10-/m00/s1. The first-order valence-electron chi connectivity index (χ1n) is 13.8. The van der Waals surface area contributed by atoms with Crippen molar-refractivity contribution in [1.29, 1.82) is 0 Å². The normalized spacial score (nSPS) is 30.1. The fourth-order valence-corrected chi connectivity index (χ4v) is 8.54. The number of hydrogen-bond donors (Lipinski definition) is 5. The van der Waals surface area contributed by atoms with Crippen molar-refractivity contribution in [3.8, 4) is 0 Å². The summed E-state index contributed by atoms with van der Waals surface area (Å²) < 4.78 is 0. The molecule has 5 N–H and O–H groups in total. The molecule has 0 aliphatic carbocycles. The van der Waals surface area contributed by atoms with Crippen molar-refractivity contribution < 1.29 is 38.7 Å². The summed E-state index contributed by atoms with van der Waals surface area (Å²) in [5, 5.41) is 21.7. The maximum Gasteiger partial charge on any atom is 0.333 e. The van der Waals surface area contributed by atoms with Gasteiger partial charge in [-0.25, -0.2) is 14.4 Å². The highest BCUT2D eigenvalue weighted by molar-refractivity contribution is 8.00. The van der Waals surface area contributed by atoms with E-state index in [0.717, 1.165) is 43.6 Å². The van der Waals surface area contributed by atoms with Crippen LogP contribution in [0.15, 0.2) is 0 Å². The van der Waals surface area contributed by atoms with Crippen LogP contribution in [0.1, 0.15) is 64.2 Å². The minimum atomic E-state index is -0.554. The van der Waals surface area contributed by atoms with Crippen LogP contribution in [0.2, 0.25) is 0 Å². The molecule has 5 heterocycles. The molecule has 15 heteroatoms. The summed E-state index contributed by atoms with van der Waals surface area (Å²) in [4.78, 5) is 72.5. The summed E-state index contributed by atoms with van der Waals surface area (Å²) >= 11 is 3.72. The number of fused-ring (bicyclic) bond motifs is 2. The zero-order valence-corrected chi connectivity index (χ0v) is 23.9. The third-order valence-corrected chi connectivity index (χ3v) is 10.6. The van der Waals surface area contributed by atoms with Crippen LogP contribution in [-0.2, 0) is 24.0 Å². The first-order valence-corrected chi connectivity index (χ1v) is 15.9. The van der Waals surface area contributed by atoms with Gasteiger partial charge in [0.05, 0.1) is 24.2 Å². The molecule has 0 aromatic rings. The molecule has 5 saturated heterocycles. The van der Waals surface area contributed by atoms with E-state index in [-0.39, 0.29) is 67.9 Å². The fourth-order valence-electron chi connectivity index (χ4n) is 5.45. The van der Waals surface area contributed by atoms with Crippen LogP contribution >= 0.6 is 23.5 Å². The Balaban J connectivity index is 0.000000194. The number of hydrogen-bond acceptors (Lipinski definition) is 10. The average molecular weight is 600 g/mol. The fraction of sp³-hybridized carbons (Fsp3) is 0.760. The number of ketones is 1. The van der Waals surface area contributed by atoms with Crippen molar-refractivity contribution >= 4 is 59.2 Å². The van der Waals surface area contributed by atoms with Gasteiger partial charge in [-0.05, 0) is 25.7 Å². The predicted molar refractivity (Wildman–Crippen MR) is 147 cm³/mol. The molecule has 5 aliphatic heterocycles. The lowest BCUT2D eigenvalue weighted by Crippen LogP contribution is -2.36. The SMILES string of the molecule is O=C(CO)CCCCC1SC[C@@H]2NC(=O)N[C@H]12.O=C1N[C@H]2CSC(CCCCC(=O)ON3C(=O)CCC3=O)[C@H]2N1. The molecular formula is C25H37N5O8S2. The Bertz CT molecular complexity index is 984. The van der Waals surface area contributed by atoms with Gasteiger partial charge in [0, 0.05) is 47.7 Å². The van der Waals surface area contributed by atoms with E-state index in [1.54, 1.807) is 0 Å². The highest BCUT2D eigenvalue weighted by Gasteiger charge is 2.43. The zero-order valence-electron chi connectivity index (χ0n) is 22.2. The highest BCUT2D eigenvalue weighted by Crippen LogP contribution is 2.34. The maximum atomic E-state index is 11.7. The van der Waals surface area contributed by atoms with Crippen LogP contribution in [0, 0.1) is 0 Å². The monoisotopic (exact) mass is 599 g/mol. The van der Waals surface area contributed by atoms with Crippen molar-refractivity contribution in [2.75, 3.05) is 18.1 Å². The molecule has 0 aromatic heterocycles. The zero-order chi connectivity index (χ0) is 28.6. The average Bonchev–Trinajstić information content (AvgIpc) is 3.72. The van der Waals surface area contributed by atoms with Crippen LogP contribution in [0.4, 0.5) is 9.59 Å². The minimum absolute atomic E-state index is 0.0549. The molecule has 0 spiro atoms. The van der Waals surface area contributed by atoms with Gasteiger partial charge in [0.25, 0.3) is 11.8 Å². The van der Waals surface area contributed by atoms with E-state index in [9.17, 15) is 28.8 Å². The highest BCUT2D eigenvalue weighted by atomic mass is 32.2. The Morgan fingerprint density at radius 1 is 0.775 bits per heavy atom. The molecule has 222 valence electrons. The van der Waals surface area contributed by atoms with Gasteiger partial charge in [0.2, 0.25) is 0 Å². The van der Waals surface area contributed by atoms with Gasteiger partial charge in [-0.1, -0.05) is 12.8 Å². The molecule has 2 unspecified atom stereocenters. The maximum absolute atomic E-state index is 11.7. The van der Waals surface area contributed by atoms with E-state index >= 15 is 0 Å². The molecule has 0 radical (unpaired) electrons. The van der Waals surface area contributed by atoms with E-state index < -0.39 is 17.8 Å². The quantitative estimate of drug-likeness (QED) is 0.121. The topological polar surface area (TPSA) is 183 Å². The number of unbranched alkanes of at least 4 members (excludes halogenated alkanes) is 2. The molecular weight excluding hydrogens is 562 g/mol. The van der Waals surface area contributed by atoms with Crippen LogP contribution in [-0.4, -0.2) is 98.6 Å². The number of Topliss-reactive ketones (excluding diaryl/α,β-unsaturated/α-hetero) is 1. The number of nitrogens with one attached hydrogen (secondary N) is 4. The predicted octanol–water partition coefficient (Wildman–Crippen LogP) is 0.593. The second-order valence-electron chi connectivity index (χ2n) is 10.5. The molecule has 6 amide bonds. The van der Waals surface area contributed by atoms with Gasteiger partial charge in [0.1, 0.15) is 6.61 Å². The summed E-state index contributed by atoms with van der Waals surface area (Å²) in [6, 6.07) is 0.737. The van der Waals surface area contributed by atoms with Crippen molar-refractivity contribution in [2.24, 2.45) is 0 Å². The molecule has 5 aliphatic rings. The number of nitrogens with zero attached hydrogens (tertiary/aromatic N) is 1. The second kappa shape index (κ2) is 14.4. The summed E-state index contributed by atoms with van der Waals surface area (Å²) in [7, 11) is 0. The smallest absolute Gasteiger partial charge is 0.333 e. The number of rotatable bonds is 12. The van der Waals surface area contributed by atoms with E-state index in [1.807, 2.05) is 23.5 Å². The van der Waals surface area contributed by atoms with Crippen LogP contribution in [0.25, 0.3) is 0 Å². The van der Waals surface area contributed by atoms with E-state index in [4.69, 9.17) is 9.94 Å². The Morgan fingerprint density at radius 2 is 1.27 bits per heavy atom. The largest absolute Gasteiger partial charge is 0.389 e. The first-order chi connectivity index (χ1) is 19.2. The lowest BCUT2D eigenvalue weighted by atomic mass is 10.0. The molecule has 0 saturated carbocycles. The number of carbonyl (C=O) groups excluding carboxylic acids is 6. The summed E-state index contributed by atoms with van der Waals surface area (Å²) in [6.45, 7) is -0.344. The number of urea groups is 2. The van der Waals surface area contributed by atoms with Crippen molar-refractivity contribution in [1.82, 2.24) is 26.3 Å². The Kier molecular flexibility index (Phi) is 11.0. The van der Waals surface area contributed by atoms with Crippen LogP contribution in [0.3, 0.4) is 0 Å². The van der Waals surface area contributed by atoms with Crippen molar-refractivity contribution in [3.63, 3.8) is 0 Å². The Morgan fingerprint density at radius 3 is 1.77 bits per heavy atom. The molecule has 5 rings (SSSR count). The van der Waals surface area contributed by atoms with Gasteiger partial charge in [-0.2, -0.15) is 23.5 Å². The van der Waals surface area contributed by atoms with Crippen molar-refractivity contribution in [3.05, 3.63) is 0 Å². The van der Waals surface area contributed by atoms with Crippen molar-refractivity contribution in [2.45, 2.75) is 98.9 Å². The molecule has 13 nitrogen and oxygen atoms in total. The number of imide groups is 1. The lowest BCUT2D eigenvalue weighted by Gasteiger charge is -2.16. The van der Waals surface area contributed by atoms with Crippen LogP contribution < -0.4 is 21.3 Å². The molecule has 40 heavy (non-hydrogen) atoms. The number of thioether (sulfide) groups is 2. The number of amides is 6. The molecule has 0 aromatic carbocycles. The van der Waals surface area contributed by atoms with Gasteiger partial charge in [-0.15, -0.1) is 5.06 Å². The third kappa shape index (κ3) is 8.03. The number of carbonyl (C=O) groups is 6. The van der Waals surface area contributed by atoms with E-state index in [0.29, 0.717) is 28.4 Å². The second-order valence-corrected chi connectivity index (χ2v) is 13.0. The summed E-state index contributed by atoms with van der Waals surface area (Å²) in [5.41, 5.74) is 0. The summed E-state index contributed by atoms with van der Waals surface area (Å²) in [5.74, 6) is 0.334. The van der Waals surface area contributed by atoms with Gasteiger partial charge in [-0.3, -0.25) is 14.4 Å². The number of aliphatic hydroxyl groups is 1. The van der Waals surface area contributed by atoms with E-state index in [2.05, 4.69) is 21.3 Å². The molecule has 5 fully saturated rings. The minimum Gasteiger partial charge on any atom is -0.389 e. The third-order valence-electron chi connectivity index (χ3n) is 7.57. The van der Waals surface area contributed by atoms with E-state index in [1.165, 1.54) is 0 Å². The lowest BCUT2D eigenvalue weighted by molar-refractivity contribution is -0.197.